The Labute approximate surface area is 211 Å². The Morgan fingerprint density at radius 1 is 1.00 bits per heavy atom. The van der Waals surface area contributed by atoms with E-state index in [1.54, 1.807) is 24.3 Å². The van der Waals surface area contributed by atoms with E-state index in [1.165, 1.54) is 35.9 Å². The maximum absolute atomic E-state index is 13.1. The molecular weight excluding hydrogens is 506 g/mol. The average molecular weight is 528 g/mol. The molecule has 35 heavy (non-hydrogen) atoms. The van der Waals surface area contributed by atoms with Crippen molar-refractivity contribution in [3.63, 3.8) is 0 Å². The first kappa shape index (κ1) is 23.7. The highest BCUT2D eigenvalue weighted by atomic mass is 35.5. The van der Waals surface area contributed by atoms with Crippen molar-refractivity contribution in [1.82, 2.24) is 9.55 Å². The molecule has 7 nitrogen and oxygen atoms in total. The average Bonchev–Trinajstić information content (AvgIpc) is 3.52. The van der Waals surface area contributed by atoms with Gasteiger partial charge in [0.05, 0.1) is 20.9 Å². The minimum absolute atomic E-state index is 0.0250. The van der Waals surface area contributed by atoms with Gasteiger partial charge in [0.2, 0.25) is 0 Å². The molecule has 0 atom stereocenters. The first-order valence-corrected chi connectivity index (χ1v) is 14.0. The van der Waals surface area contributed by atoms with Crippen LogP contribution in [0.15, 0.2) is 69.9 Å². The lowest BCUT2D eigenvalue weighted by Gasteiger charge is -2.17. The fraction of sp³-hybridized carbons (Fsp3) is 0.240. The van der Waals surface area contributed by atoms with Crippen molar-refractivity contribution in [1.29, 1.82) is 0 Å². The summed E-state index contributed by atoms with van der Waals surface area (Å²) >= 11 is 6.75. The van der Waals surface area contributed by atoms with Gasteiger partial charge in [0.25, 0.3) is 5.56 Å². The van der Waals surface area contributed by atoms with Crippen molar-refractivity contribution in [3.05, 3.63) is 81.2 Å². The lowest BCUT2D eigenvalue weighted by molar-refractivity contribution is -0.116. The van der Waals surface area contributed by atoms with Crippen LogP contribution in [0.25, 0.3) is 16.6 Å². The van der Waals surface area contributed by atoms with Gasteiger partial charge in [-0.1, -0.05) is 23.7 Å². The van der Waals surface area contributed by atoms with E-state index >= 15 is 0 Å². The lowest BCUT2D eigenvalue weighted by atomic mass is 10.1. The predicted octanol–water partition coefficient (Wildman–Crippen LogP) is 4.29. The van der Waals surface area contributed by atoms with Crippen molar-refractivity contribution < 1.29 is 13.2 Å². The van der Waals surface area contributed by atoms with E-state index in [9.17, 15) is 18.0 Å². The first-order chi connectivity index (χ1) is 16.8. The van der Waals surface area contributed by atoms with Crippen molar-refractivity contribution >= 4 is 55.1 Å². The number of halogens is 1. The molecule has 180 valence electrons. The monoisotopic (exact) mass is 527 g/mol. The molecule has 5 rings (SSSR count). The number of carbonyl (C=O) groups excluding carboxylic acids is 1. The molecule has 0 unspecified atom stereocenters. The smallest absolute Gasteiger partial charge is 0.265 e. The molecule has 4 aromatic rings. The number of nitrogens with zero attached hydrogens (tertiary/aromatic N) is 3. The van der Waals surface area contributed by atoms with Gasteiger partial charge in [-0.15, -0.1) is 11.3 Å². The van der Waals surface area contributed by atoms with Crippen LogP contribution in [0.2, 0.25) is 4.34 Å². The van der Waals surface area contributed by atoms with Crippen LogP contribution >= 0.6 is 22.9 Å². The molecule has 0 aliphatic carbocycles. The zero-order chi connectivity index (χ0) is 24.6. The Bertz CT molecular complexity index is 1570. The Morgan fingerprint density at radius 3 is 2.40 bits per heavy atom. The van der Waals surface area contributed by atoms with E-state index < -0.39 is 21.4 Å². The van der Waals surface area contributed by atoms with Crippen LogP contribution in [-0.4, -0.2) is 42.6 Å². The van der Waals surface area contributed by atoms with E-state index in [2.05, 4.69) is 9.88 Å². The molecule has 0 spiro atoms. The van der Waals surface area contributed by atoms with E-state index in [4.69, 9.17) is 11.6 Å². The van der Waals surface area contributed by atoms with Gasteiger partial charge in [-0.2, -0.15) is 0 Å². The van der Waals surface area contributed by atoms with E-state index in [0.717, 1.165) is 30.1 Å². The quantitative estimate of drug-likeness (QED) is 0.356. The molecule has 0 bridgehead atoms. The fourth-order valence-corrected chi connectivity index (χ4v) is 7.08. The van der Waals surface area contributed by atoms with Crippen molar-refractivity contribution in [2.75, 3.05) is 23.7 Å². The largest absolute Gasteiger partial charge is 0.371 e. The summed E-state index contributed by atoms with van der Waals surface area (Å²) in [5, 5.41) is 0.536. The van der Waals surface area contributed by atoms with Gasteiger partial charge in [-0.3, -0.25) is 14.2 Å². The first-order valence-electron chi connectivity index (χ1n) is 11.2. The normalized spacial score (nSPS) is 14.0. The standard InChI is InChI=1S/C25H22ClN3O4S2/c26-23-9-10-24(34-23)35(32,33)15-20(30)13-17-3-5-18(6-4-17)29-16-27-22-14-19(28-11-1-2-12-28)7-8-21(22)25(29)31/h3-10,14,16H,1-2,11-13,15H2. The maximum Gasteiger partial charge on any atom is 0.265 e. The molecule has 2 aromatic heterocycles. The topological polar surface area (TPSA) is 89.3 Å². The molecule has 1 saturated heterocycles. The Balaban J connectivity index is 1.32. The molecule has 1 aliphatic rings. The number of anilines is 1. The third-order valence-electron chi connectivity index (χ3n) is 6.04. The number of thiophene rings is 1. The number of Topliss-reactive ketones (excluding diaryl/α,β-unsaturated/α-hetero) is 1. The number of sulfone groups is 1. The highest BCUT2D eigenvalue weighted by Crippen LogP contribution is 2.27. The van der Waals surface area contributed by atoms with Crippen LogP contribution in [0.1, 0.15) is 18.4 Å². The second kappa shape index (κ2) is 9.56. The second-order valence-electron chi connectivity index (χ2n) is 8.51. The summed E-state index contributed by atoms with van der Waals surface area (Å²) in [5.74, 6) is -1.00. The highest BCUT2D eigenvalue weighted by molar-refractivity contribution is 7.94. The van der Waals surface area contributed by atoms with Gasteiger partial charge in [0.1, 0.15) is 16.3 Å². The van der Waals surface area contributed by atoms with Gasteiger partial charge >= 0.3 is 0 Å². The number of rotatable bonds is 7. The number of hydrogen-bond acceptors (Lipinski definition) is 7. The van der Waals surface area contributed by atoms with Crippen LogP contribution in [0.3, 0.4) is 0 Å². The highest BCUT2D eigenvalue weighted by Gasteiger charge is 2.21. The molecule has 10 heteroatoms. The van der Waals surface area contributed by atoms with Crippen molar-refractivity contribution in [2.45, 2.75) is 23.5 Å². The number of fused-ring (bicyclic) bond motifs is 1. The summed E-state index contributed by atoms with van der Waals surface area (Å²) in [6.45, 7) is 2.04. The minimum atomic E-state index is -3.72. The zero-order valence-corrected chi connectivity index (χ0v) is 21.1. The predicted molar refractivity (Wildman–Crippen MR) is 139 cm³/mol. The Hall–Kier alpha value is -3.01. The van der Waals surface area contributed by atoms with Crippen LogP contribution in [-0.2, 0) is 21.1 Å². The zero-order valence-electron chi connectivity index (χ0n) is 18.7. The lowest BCUT2D eigenvalue weighted by Crippen LogP contribution is -2.20. The Kier molecular flexibility index (Phi) is 6.48. The number of benzene rings is 2. The van der Waals surface area contributed by atoms with Crippen LogP contribution in [0, 0.1) is 0 Å². The number of hydrogen-bond donors (Lipinski definition) is 0. The number of ketones is 1. The second-order valence-corrected chi connectivity index (χ2v) is 12.4. The van der Waals surface area contributed by atoms with Gasteiger partial charge in [-0.05, 0) is 60.9 Å². The summed E-state index contributed by atoms with van der Waals surface area (Å²) in [6, 6.07) is 15.5. The third kappa shape index (κ3) is 5.03. The molecule has 3 heterocycles. The molecular formula is C25H22ClN3O4S2. The molecule has 0 amide bonds. The van der Waals surface area contributed by atoms with Crippen LogP contribution in [0.4, 0.5) is 5.69 Å². The minimum Gasteiger partial charge on any atom is -0.371 e. The molecule has 0 N–H and O–H groups in total. The molecule has 0 saturated carbocycles. The van der Waals surface area contributed by atoms with Crippen LogP contribution < -0.4 is 10.5 Å². The summed E-state index contributed by atoms with van der Waals surface area (Å²) in [7, 11) is -3.72. The number of carbonyl (C=O) groups is 1. The van der Waals surface area contributed by atoms with Crippen LogP contribution in [0.5, 0.6) is 0 Å². The van der Waals surface area contributed by atoms with Gasteiger partial charge in [-0.25, -0.2) is 13.4 Å². The van der Waals surface area contributed by atoms with Gasteiger partial charge in [0, 0.05) is 25.2 Å². The van der Waals surface area contributed by atoms with E-state index in [1.807, 2.05) is 18.2 Å². The van der Waals surface area contributed by atoms with Gasteiger partial charge < -0.3 is 4.90 Å². The summed E-state index contributed by atoms with van der Waals surface area (Å²) in [6.07, 6.45) is 3.84. The van der Waals surface area contributed by atoms with Crippen molar-refractivity contribution in [2.24, 2.45) is 0 Å². The summed E-state index contributed by atoms with van der Waals surface area (Å²) in [5.41, 5.74) is 2.84. The maximum atomic E-state index is 13.1. The van der Waals surface area contributed by atoms with E-state index in [-0.39, 0.29) is 16.2 Å². The van der Waals surface area contributed by atoms with E-state index in [0.29, 0.717) is 26.5 Å². The summed E-state index contributed by atoms with van der Waals surface area (Å²) in [4.78, 5) is 32.3. The summed E-state index contributed by atoms with van der Waals surface area (Å²) < 4.78 is 26.7. The molecule has 0 radical (unpaired) electrons. The van der Waals surface area contributed by atoms with Gasteiger partial charge in [0.15, 0.2) is 15.6 Å². The fourth-order valence-electron chi connectivity index (χ4n) is 4.27. The SMILES string of the molecule is O=C(Cc1ccc(-n2cnc3cc(N4CCCC4)ccc3c2=O)cc1)CS(=O)(=O)c1ccc(Cl)s1. The Morgan fingerprint density at radius 2 is 1.71 bits per heavy atom. The molecule has 1 aliphatic heterocycles. The van der Waals surface area contributed by atoms with Crippen molar-refractivity contribution in [3.8, 4) is 5.69 Å². The third-order valence-corrected chi connectivity index (χ3v) is 9.52. The molecule has 1 fully saturated rings. The molecule has 2 aromatic carbocycles. The number of aromatic nitrogens is 2.